The molecule has 11 nitrogen and oxygen atoms in total. The number of rotatable bonds is 7. The quantitative estimate of drug-likeness (QED) is 0.327. The first-order chi connectivity index (χ1) is 19.0. The highest BCUT2D eigenvalue weighted by atomic mass is 16.5. The molecule has 1 aliphatic carbocycles. The van der Waals surface area contributed by atoms with Crippen molar-refractivity contribution < 1.29 is 4.74 Å². The maximum Gasteiger partial charge on any atom is 0.332 e. The summed E-state index contributed by atoms with van der Waals surface area (Å²) >= 11 is 0. The van der Waals surface area contributed by atoms with Gasteiger partial charge in [-0.15, -0.1) is 10.2 Å². The molecule has 0 radical (unpaired) electrons. The molecule has 3 heterocycles. The molecule has 200 valence electrons. The van der Waals surface area contributed by atoms with Gasteiger partial charge in [-0.05, 0) is 41.7 Å². The highest BCUT2D eigenvalue weighted by Crippen LogP contribution is 2.34. The van der Waals surface area contributed by atoms with Gasteiger partial charge in [0.1, 0.15) is 12.1 Å². The molecule has 2 aromatic carbocycles. The van der Waals surface area contributed by atoms with Crippen LogP contribution in [0.3, 0.4) is 0 Å². The number of fused-ring (bicyclic) bond motifs is 1. The molecule has 0 spiro atoms. The standard InChI is InChI=1S/C28H30N8O3/c1-17(39-2)36-27(37)23-25(30-28(36)38)29-26(20-8-4-3-5-9-20)35(23)16-18-12-14-19(15-13-18)21-10-6-7-11-22(21)24-31-33-34-32-24/h6-7,10-15,17,20H,3-5,8-9,16H2,1-2H3,(H,30,38)(H,31,32,33,34). The summed E-state index contributed by atoms with van der Waals surface area (Å²) in [5.74, 6) is 1.63. The molecular formula is C28H30N8O3. The van der Waals surface area contributed by atoms with Gasteiger partial charge in [0.15, 0.2) is 11.2 Å². The third kappa shape index (κ3) is 4.59. The van der Waals surface area contributed by atoms with Gasteiger partial charge in [0.2, 0.25) is 5.82 Å². The molecule has 2 N–H and O–H groups in total. The van der Waals surface area contributed by atoms with Crippen molar-refractivity contribution in [3.8, 4) is 22.5 Å². The van der Waals surface area contributed by atoms with Crippen molar-refractivity contribution in [2.45, 2.75) is 57.7 Å². The number of ether oxygens (including phenoxy) is 1. The number of nitrogens with zero attached hydrogens (tertiary/aromatic N) is 6. The smallest absolute Gasteiger partial charge is 0.332 e. The van der Waals surface area contributed by atoms with Crippen LogP contribution in [0.2, 0.25) is 0 Å². The zero-order valence-electron chi connectivity index (χ0n) is 21.9. The van der Waals surface area contributed by atoms with E-state index < -0.39 is 17.5 Å². The average Bonchev–Trinajstić information content (AvgIpc) is 3.63. The second kappa shape index (κ2) is 10.4. The second-order valence-electron chi connectivity index (χ2n) is 10.0. The SMILES string of the molecule is COC(C)n1c(=O)[nH]c2nc(C3CCCCC3)n(Cc3ccc(-c4ccccc4-c4nn[nH]n4)cc3)c2c1=O. The van der Waals surface area contributed by atoms with Crippen LogP contribution in [0.15, 0.2) is 58.1 Å². The summed E-state index contributed by atoms with van der Waals surface area (Å²) in [6.07, 6.45) is 4.79. The summed E-state index contributed by atoms with van der Waals surface area (Å²) in [7, 11) is 1.48. The number of H-pyrrole nitrogens is 2. The number of hydrogen-bond donors (Lipinski definition) is 2. The van der Waals surface area contributed by atoms with Crippen molar-refractivity contribution in [3.05, 3.63) is 80.8 Å². The van der Waals surface area contributed by atoms with Gasteiger partial charge >= 0.3 is 5.69 Å². The Hall–Kier alpha value is -4.38. The van der Waals surface area contributed by atoms with Crippen LogP contribution >= 0.6 is 0 Å². The monoisotopic (exact) mass is 526 g/mol. The first kappa shape index (κ1) is 24.9. The minimum Gasteiger partial charge on any atom is -0.361 e. The van der Waals surface area contributed by atoms with Gasteiger partial charge in [0.25, 0.3) is 5.56 Å². The fraction of sp³-hybridized carbons (Fsp3) is 0.357. The number of aromatic amines is 2. The molecule has 6 rings (SSSR count). The van der Waals surface area contributed by atoms with Gasteiger partial charge in [-0.2, -0.15) is 5.21 Å². The zero-order chi connectivity index (χ0) is 26.9. The van der Waals surface area contributed by atoms with E-state index in [0.717, 1.165) is 58.3 Å². The molecule has 11 heteroatoms. The van der Waals surface area contributed by atoms with E-state index in [0.29, 0.717) is 23.5 Å². The molecule has 1 atom stereocenters. The number of nitrogens with one attached hydrogen (secondary N) is 2. The summed E-state index contributed by atoms with van der Waals surface area (Å²) in [5.41, 5.74) is 3.72. The van der Waals surface area contributed by atoms with Gasteiger partial charge in [-0.1, -0.05) is 67.8 Å². The largest absolute Gasteiger partial charge is 0.361 e. The van der Waals surface area contributed by atoms with Gasteiger partial charge in [-0.3, -0.25) is 9.78 Å². The van der Waals surface area contributed by atoms with Crippen molar-refractivity contribution in [1.29, 1.82) is 0 Å². The van der Waals surface area contributed by atoms with Gasteiger partial charge in [0, 0.05) is 25.1 Å². The Morgan fingerprint density at radius 1 is 1.03 bits per heavy atom. The Kier molecular flexibility index (Phi) is 6.65. The lowest BCUT2D eigenvalue weighted by atomic mass is 9.88. The summed E-state index contributed by atoms with van der Waals surface area (Å²) in [6, 6.07) is 16.1. The number of methoxy groups -OCH3 is 1. The van der Waals surface area contributed by atoms with Crippen molar-refractivity contribution in [2.75, 3.05) is 7.11 Å². The van der Waals surface area contributed by atoms with E-state index in [2.05, 4.69) is 49.9 Å². The Morgan fingerprint density at radius 2 is 1.77 bits per heavy atom. The van der Waals surface area contributed by atoms with Crippen molar-refractivity contribution >= 4 is 11.2 Å². The lowest BCUT2D eigenvalue weighted by molar-refractivity contribution is 0.0542. The van der Waals surface area contributed by atoms with Crippen LogP contribution in [0.1, 0.15) is 62.6 Å². The average molecular weight is 527 g/mol. The lowest BCUT2D eigenvalue weighted by Crippen LogP contribution is -2.38. The Bertz CT molecular complexity index is 1710. The molecule has 1 saturated carbocycles. The van der Waals surface area contributed by atoms with E-state index >= 15 is 0 Å². The summed E-state index contributed by atoms with van der Waals surface area (Å²) < 4.78 is 8.42. The summed E-state index contributed by atoms with van der Waals surface area (Å²) in [5, 5.41) is 14.5. The molecule has 5 aromatic rings. The molecule has 0 amide bonds. The van der Waals surface area contributed by atoms with Crippen molar-refractivity contribution in [3.63, 3.8) is 0 Å². The van der Waals surface area contributed by atoms with Crippen molar-refractivity contribution in [2.24, 2.45) is 0 Å². The predicted molar refractivity (Wildman–Crippen MR) is 146 cm³/mol. The molecule has 1 fully saturated rings. The number of imidazole rings is 1. The topological polar surface area (TPSA) is 136 Å². The Labute approximate surface area is 223 Å². The van der Waals surface area contributed by atoms with Crippen LogP contribution in [0.25, 0.3) is 33.7 Å². The van der Waals surface area contributed by atoms with Gasteiger partial charge in [0.05, 0.1) is 0 Å². The predicted octanol–water partition coefficient (Wildman–Crippen LogP) is 3.99. The number of tetrazole rings is 1. The van der Waals surface area contributed by atoms with E-state index in [1.807, 2.05) is 28.8 Å². The normalized spacial score (nSPS) is 15.1. The van der Waals surface area contributed by atoms with Crippen LogP contribution in [-0.4, -0.2) is 46.8 Å². The highest BCUT2D eigenvalue weighted by Gasteiger charge is 2.26. The third-order valence-corrected chi connectivity index (χ3v) is 7.66. The molecule has 1 aliphatic rings. The second-order valence-corrected chi connectivity index (χ2v) is 10.0. The van der Waals surface area contributed by atoms with Crippen LogP contribution in [0.4, 0.5) is 0 Å². The zero-order valence-corrected chi connectivity index (χ0v) is 21.9. The van der Waals surface area contributed by atoms with Crippen molar-refractivity contribution in [1.82, 2.24) is 39.7 Å². The fourth-order valence-corrected chi connectivity index (χ4v) is 5.59. The van der Waals surface area contributed by atoms with Crippen LogP contribution in [0.5, 0.6) is 0 Å². The lowest BCUT2D eigenvalue weighted by Gasteiger charge is -2.22. The van der Waals surface area contributed by atoms with Crippen LogP contribution in [0, 0.1) is 0 Å². The number of benzene rings is 2. The van der Waals surface area contributed by atoms with Gasteiger partial charge in [-0.25, -0.2) is 14.3 Å². The molecular weight excluding hydrogens is 496 g/mol. The van der Waals surface area contributed by atoms with E-state index in [-0.39, 0.29) is 5.92 Å². The van der Waals surface area contributed by atoms with Crippen LogP contribution in [-0.2, 0) is 11.3 Å². The Morgan fingerprint density at radius 3 is 2.46 bits per heavy atom. The molecule has 0 aliphatic heterocycles. The minimum absolute atomic E-state index is 0.239. The summed E-state index contributed by atoms with van der Waals surface area (Å²) in [4.78, 5) is 34.0. The minimum atomic E-state index is -0.703. The van der Waals surface area contributed by atoms with Gasteiger partial charge < -0.3 is 9.30 Å². The maximum atomic E-state index is 13.6. The van der Waals surface area contributed by atoms with Crippen LogP contribution < -0.4 is 11.2 Å². The first-order valence-electron chi connectivity index (χ1n) is 13.2. The molecule has 3 aromatic heterocycles. The maximum absolute atomic E-state index is 13.6. The Balaban J connectivity index is 1.42. The molecule has 39 heavy (non-hydrogen) atoms. The third-order valence-electron chi connectivity index (χ3n) is 7.66. The molecule has 0 saturated heterocycles. The number of hydrogen-bond acceptors (Lipinski definition) is 7. The molecule has 1 unspecified atom stereocenters. The number of aromatic nitrogens is 8. The van der Waals surface area contributed by atoms with E-state index in [4.69, 9.17) is 9.72 Å². The summed E-state index contributed by atoms with van der Waals surface area (Å²) in [6.45, 7) is 2.13. The first-order valence-corrected chi connectivity index (χ1v) is 13.2. The highest BCUT2D eigenvalue weighted by molar-refractivity contribution is 5.80. The molecule has 0 bridgehead atoms. The van der Waals surface area contributed by atoms with E-state index in [1.165, 1.54) is 13.5 Å². The van der Waals surface area contributed by atoms with E-state index in [1.54, 1.807) is 6.92 Å². The fourth-order valence-electron chi connectivity index (χ4n) is 5.59. The van der Waals surface area contributed by atoms with E-state index in [9.17, 15) is 9.59 Å².